The van der Waals surface area contributed by atoms with Crippen LogP contribution in [0.2, 0.25) is 0 Å². The van der Waals surface area contributed by atoms with E-state index in [2.05, 4.69) is 19.1 Å². The van der Waals surface area contributed by atoms with Crippen molar-refractivity contribution in [3.05, 3.63) is 59.7 Å². The number of hydrogen-bond acceptors (Lipinski definition) is 3. The van der Waals surface area contributed by atoms with Crippen molar-refractivity contribution in [3.63, 3.8) is 0 Å². The first-order valence-electron chi connectivity index (χ1n) is 15.8. The summed E-state index contributed by atoms with van der Waals surface area (Å²) in [6.45, 7) is 2.25. The van der Waals surface area contributed by atoms with Crippen LogP contribution in [0.4, 0.5) is 0 Å². The van der Waals surface area contributed by atoms with Crippen LogP contribution < -0.4 is 4.74 Å². The standard InChI is InChI=1S/C36H46O4/c1-2-3-4-5-6-7-8-9-10-35(39)40-33-17-16-31(30-14-11-26(12-15-30)13-18-34(37)38)22-32(33)36-23-27-19-28(24-36)21-29(20-27)25-36/h11-18,22,27-29H,2-10,19-21,23-25H2,1H3,(H,37,38)/b18-13+. The Kier molecular flexibility index (Phi) is 9.44. The molecule has 2 aromatic carbocycles. The van der Waals surface area contributed by atoms with E-state index in [-0.39, 0.29) is 11.4 Å². The Bertz CT molecular complexity index is 1160. The fourth-order valence-electron chi connectivity index (χ4n) is 8.18. The van der Waals surface area contributed by atoms with Crippen LogP contribution >= 0.6 is 0 Å². The summed E-state index contributed by atoms with van der Waals surface area (Å²) in [7, 11) is 0. The topological polar surface area (TPSA) is 63.6 Å². The molecule has 6 rings (SSSR count). The highest BCUT2D eigenvalue weighted by Gasteiger charge is 2.52. The van der Waals surface area contributed by atoms with Crippen LogP contribution in [-0.4, -0.2) is 17.0 Å². The van der Waals surface area contributed by atoms with Crippen LogP contribution in [0.15, 0.2) is 48.5 Å². The number of carbonyl (C=O) groups is 2. The van der Waals surface area contributed by atoms with Crippen molar-refractivity contribution in [3.8, 4) is 16.9 Å². The molecule has 0 saturated heterocycles. The summed E-state index contributed by atoms with van der Waals surface area (Å²) in [5.41, 5.74) is 4.43. The molecule has 4 fully saturated rings. The molecule has 40 heavy (non-hydrogen) atoms. The van der Waals surface area contributed by atoms with E-state index in [0.29, 0.717) is 6.42 Å². The zero-order valence-corrected chi connectivity index (χ0v) is 24.2. The maximum absolute atomic E-state index is 13.0. The van der Waals surface area contributed by atoms with Crippen LogP contribution in [0.5, 0.6) is 5.75 Å². The summed E-state index contributed by atoms with van der Waals surface area (Å²) < 4.78 is 6.16. The minimum atomic E-state index is -0.947. The number of esters is 1. The van der Waals surface area contributed by atoms with Gasteiger partial charge in [-0.15, -0.1) is 0 Å². The van der Waals surface area contributed by atoms with Crippen LogP contribution in [0.3, 0.4) is 0 Å². The molecule has 0 spiro atoms. The van der Waals surface area contributed by atoms with Crippen LogP contribution in [0.25, 0.3) is 17.2 Å². The van der Waals surface area contributed by atoms with E-state index in [1.54, 1.807) is 6.08 Å². The van der Waals surface area contributed by atoms with Gasteiger partial charge in [0.05, 0.1) is 0 Å². The van der Waals surface area contributed by atoms with Crippen molar-refractivity contribution in [1.82, 2.24) is 0 Å². The summed E-state index contributed by atoms with van der Waals surface area (Å²) in [5.74, 6) is 2.13. The van der Waals surface area contributed by atoms with E-state index in [1.165, 1.54) is 82.6 Å². The summed E-state index contributed by atoms with van der Waals surface area (Å²) in [6, 6.07) is 14.4. The van der Waals surface area contributed by atoms with Gasteiger partial charge >= 0.3 is 11.9 Å². The fraction of sp³-hybridized carbons (Fsp3) is 0.556. The highest BCUT2D eigenvalue weighted by atomic mass is 16.5. The van der Waals surface area contributed by atoms with Crippen molar-refractivity contribution in [2.75, 3.05) is 0 Å². The Hall–Kier alpha value is -2.88. The molecule has 0 radical (unpaired) electrons. The first kappa shape index (κ1) is 28.6. The van der Waals surface area contributed by atoms with E-state index in [1.807, 2.05) is 30.3 Å². The highest BCUT2D eigenvalue weighted by molar-refractivity contribution is 5.85. The number of benzene rings is 2. The van der Waals surface area contributed by atoms with Gasteiger partial charge in [-0.1, -0.05) is 82.2 Å². The van der Waals surface area contributed by atoms with Gasteiger partial charge in [-0.3, -0.25) is 4.79 Å². The van der Waals surface area contributed by atoms with Crippen molar-refractivity contribution < 1.29 is 19.4 Å². The molecule has 2 aromatic rings. The number of ether oxygens (including phenoxy) is 1. The van der Waals surface area contributed by atoms with Crippen molar-refractivity contribution >= 4 is 18.0 Å². The van der Waals surface area contributed by atoms with Gasteiger partial charge in [-0.25, -0.2) is 4.79 Å². The number of carboxylic acid groups (broad SMARTS) is 1. The number of rotatable bonds is 14. The molecule has 0 unspecified atom stereocenters. The van der Waals surface area contributed by atoms with Crippen molar-refractivity contribution in [2.24, 2.45) is 17.8 Å². The molecular formula is C36H46O4. The quantitative estimate of drug-likeness (QED) is 0.112. The minimum Gasteiger partial charge on any atom is -0.478 e. The second kappa shape index (κ2) is 13.2. The molecule has 4 aliphatic carbocycles. The third kappa shape index (κ3) is 7.06. The summed E-state index contributed by atoms with van der Waals surface area (Å²) >= 11 is 0. The van der Waals surface area contributed by atoms with E-state index >= 15 is 0 Å². The first-order valence-corrected chi connectivity index (χ1v) is 15.8. The Morgan fingerprint density at radius 1 is 0.825 bits per heavy atom. The second-order valence-corrected chi connectivity index (χ2v) is 12.9. The van der Waals surface area contributed by atoms with Crippen LogP contribution in [0.1, 0.15) is 114 Å². The lowest BCUT2D eigenvalue weighted by atomic mass is 9.48. The monoisotopic (exact) mass is 542 g/mol. The number of unbranched alkanes of at least 4 members (excludes halogenated alkanes) is 7. The Morgan fingerprint density at radius 2 is 1.40 bits per heavy atom. The van der Waals surface area contributed by atoms with Gasteiger partial charge in [-0.2, -0.15) is 0 Å². The average molecular weight is 543 g/mol. The third-order valence-corrected chi connectivity index (χ3v) is 9.71. The fourth-order valence-corrected chi connectivity index (χ4v) is 8.18. The molecule has 0 aromatic heterocycles. The Labute approximate surface area is 240 Å². The smallest absolute Gasteiger partial charge is 0.328 e. The number of aliphatic carboxylic acids is 1. The maximum Gasteiger partial charge on any atom is 0.328 e. The first-order chi connectivity index (χ1) is 19.4. The molecule has 4 heteroatoms. The molecule has 4 bridgehead atoms. The van der Waals surface area contributed by atoms with E-state index in [9.17, 15) is 9.59 Å². The molecular weight excluding hydrogens is 496 g/mol. The predicted octanol–water partition coefficient (Wildman–Crippen LogP) is 9.36. The van der Waals surface area contributed by atoms with Crippen molar-refractivity contribution in [1.29, 1.82) is 0 Å². The van der Waals surface area contributed by atoms with Gasteiger partial charge in [-0.05, 0) is 103 Å². The number of carbonyl (C=O) groups excluding carboxylic acids is 1. The van der Waals surface area contributed by atoms with E-state index in [4.69, 9.17) is 9.84 Å². The van der Waals surface area contributed by atoms with Gasteiger partial charge in [0.25, 0.3) is 0 Å². The zero-order chi connectivity index (χ0) is 28.0. The second-order valence-electron chi connectivity index (χ2n) is 12.9. The molecule has 0 aliphatic heterocycles. The van der Waals surface area contributed by atoms with Crippen molar-refractivity contribution in [2.45, 2.75) is 109 Å². The van der Waals surface area contributed by atoms with Crippen LogP contribution in [0, 0.1) is 17.8 Å². The molecule has 0 amide bonds. The molecule has 0 heterocycles. The third-order valence-electron chi connectivity index (χ3n) is 9.71. The van der Waals surface area contributed by atoms with Gasteiger partial charge in [0.1, 0.15) is 5.75 Å². The molecule has 214 valence electrons. The predicted molar refractivity (Wildman–Crippen MR) is 161 cm³/mol. The van der Waals surface area contributed by atoms with E-state index < -0.39 is 5.97 Å². The summed E-state index contributed by atoms with van der Waals surface area (Å²) in [5, 5.41) is 8.93. The minimum absolute atomic E-state index is 0.0979. The lowest BCUT2D eigenvalue weighted by molar-refractivity contribution is -0.134. The Morgan fingerprint density at radius 3 is 2.00 bits per heavy atom. The van der Waals surface area contributed by atoms with Gasteiger partial charge in [0.15, 0.2) is 0 Å². The van der Waals surface area contributed by atoms with Gasteiger partial charge in [0, 0.05) is 18.1 Å². The SMILES string of the molecule is CCCCCCCCCCC(=O)Oc1ccc(-c2ccc(/C=C/C(=O)O)cc2)cc1C12CC3CC(CC(C3)C1)C2. The summed E-state index contributed by atoms with van der Waals surface area (Å²) in [6.07, 6.45) is 20.7. The number of hydrogen-bond donors (Lipinski definition) is 1. The molecule has 1 N–H and O–H groups in total. The normalized spacial score (nSPS) is 25.0. The zero-order valence-electron chi connectivity index (χ0n) is 24.2. The van der Waals surface area contributed by atoms with Crippen LogP contribution in [-0.2, 0) is 15.0 Å². The molecule has 4 nitrogen and oxygen atoms in total. The largest absolute Gasteiger partial charge is 0.478 e. The van der Waals surface area contributed by atoms with Gasteiger partial charge in [0.2, 0.25) is 0 Å². The van der Waals surface area contributed by atoms with E-state index in [0.717, 1.165) is 59.1 Å². The Balaban J connectivity index is 1.31. The lowest BCUT2D eigenvalue weighted by Crippen LogP contribution is -2.48. The maximum atomic E-state index is 13.0. The molecule has 4 saturated carbocycles. The molecule has 4 aliphatic rings. The average Bonchev–Trinajstić information content (AvgIpc) is 2.93. The van der Waals surface area contributed by atoms with Gasteiger partial charge < -0.3 is 9.84 Å². The molecule has 0 atom stereocenters. The highest BCUT2D eigenvalue weighted by Crippen LogP contribution is 2.62. The number of carboxylic acids is 1. The lowest BCUT2D eigenvalue weighted by Gasteiger charge is -2.57. The summed E-state index contributed by atoms with van der Waals surface area (Å²) in [4.78, 5) is 23.9.